The number of pyridine rings is 1. The van der Waals surface area contributed by atoms with Gasteiger partial charge in [-0.2, -0.15) is 0 Å². The lowest BCUT2D eigenvalue weighted by Crippen LogP contribution is -2.63. The van der Waals surface area contributed by atoms with Gasteiger partial charge < -0.3 is 14.4 Å². The molecule has 158 valence electrons. The van der Waals surface area contributed by atoms with Crippen LogP contribution in [0.2, 0.25) is 0 Å². The van der Waals surface area contributed by atoms with Gasteiger partial charge in [0.05, 0.1) is 24.5 Å². The smallest absolute Gasteiger partial charge is 0.0888 e. The molecule has 1 aromatic heterocycles. The zero-order valence-electron chi connectivity index (χ0n) is 18.3. The highest BCUT2D eigenvalue weighted by Crippen LogP contribution is 2.37. The Bertz CT molecular complexity index is 585. The molecule has 0 N–H and O–H groups in total. The molecular formula is C23H39N3O2. The van der Waals surface area contributed by atoms with E-state index in [4.69, 9.17) is 9.47 Å². The molecule has 3 rings (SSSR count). The Morgan fingerprint density at radius 3 is 2.61 bits per heavy atom. The predicted octanol–water partition coefficient (Wildman–Crippen LogP) is 3.59. The number of ether oxygens (including phenoxy) is 2. The molecule has 2 fully saturated rings. The molecule has 0 radical (unpaired) electrons. The quantitative estimate of drug-likeness (QED) is 0.679. The highest BCUT2D eigenvalue weighted by Gasteiger charge is 2.45. The minimum absolute atomic E-state index is 0.0701. The SMILES string of the molecule is CC(C)CCN1CCN(C2(COCc3ccccn3)CCOC(C)(C)C2)CC1. The van der Waals surface area contributed by atoms with Crippen molar-refractivity contribution >= 4 is 0 Å². The Balaban J connectivity index is 1.60. The van der Waals surface area contributed by atoms with Crippen LogP contribution < -0.4 is 0 Å². The molecule has 2 aliphatic heterocycles. The summed E-state index contributed by atoms with van der Waals surface area (Å²) in [5.41, 5.74) is 0.977. The van der Waals surface area contributed by atoms with Crippen LogP contribution in [-0.4, -0.2) is 71.9 Å². The maximum Gasteiger partial charge on any atom is 0.0888 e. The molecule has 1 atom stereocenters. The van der Waals surface area contributed by atoms with Crippen molar-refractivity contribution in [2.75, 3.05) is 45.9 Å². The first-order chi connectivity index (χ1) is 13.4. The Hall–Kier alpha value is -1.01. The highest BCUT2D eigenvalue weighted by atomic mass is 16.5. The summed E-state index contributed by atoms with van der Waals surface area (Å²) in [6.45, 7) is 17.0. The number of nitrogens with zero attached hydrogens (tertiary/aromatic N) is 3. The zero-order valence-corrected chi connectivity index (χ0v) is 18.3. The predicted molar refractivity (Wildman–Crippen MR) is 113 cm³/mol. The van der Waals surface area contributed by atoms with E-state index < -0.39 is 0 Å². The minimum atomic E-state index is -0.0958. The van der Waals surface area contributed by atoms with Crippen LogP contribution in [-0.2, 0) is 16.1 Å². The van der Waals surface area contributed by atoms with Gasteiger partial charge in [0, 0.05) is 44.5 Å². The van der Waals surface area contributed by atoms with Gasteiger partial charge in [-0.05, 0) is 57.7 Å². The molecule has 0 bridgehead atoms. The molecule has 3 heterocycles. The first-order valence-corrected chi connectivity index (χ1v) is 11.0. The van der Waals surface area contributed by atoms with Gasteiger partial charge in [0.1, 0.15) is 0 Å². The monoisotopic (exact) mass is 389 g/mol. The Kier molecular flexibility index (Phi) is 7.48. The average Bonchev–Trinajstić information content (AvgIpc) is 2.67. The number of piperazine rings is 1. The van der Waals surface area contributed by atoms with E-state index in [2.05, 4.69) is 42.5 Å². The van der Waals surface area contributed by atoms with E-state index in [-0.39, 0.29) is 11.1 Å². The summed E-state index contributed by atoms with van der Waals surface area (Å²) >= 11 is 0. The molecule has 28 heavy (non-hydrogen) atoms. The van der Waals surface area contributed by atoms with E-state index >= 15 is 0 Å². The molecule has 2 saturated heterocycles. The van der Waals surface area contributed by atoms with Crippen molar-refractivity contribution in [3.63, 3.8) is 0 Å². The molecule has 5 nitrogen and oxygen atoms in total. The van der Waals surface area contributed by atoms with E-state index in [1.807, 2.05) is 24.4 Å². The molecule has 2 aliphatic rings. The minimum Gasteiger partial charge on any atom is -0.375 e. The van der Waals surface area contributed by atoms with Gasteiger partial charge in [-0.3, -0.25) is 9.88 Å². The van der Waals surface area contributed by atoms with Crippen molar-refractivity contribution in [3.8, 4) is 0 Å². The van der Waals surface area contributed by atoms with Crippen LogP contribution >= 0.6 is 0 Å². The van der Waals surface area contributed by atoms with Gasteiger partial charge in [-0.15, -0.1) is 0 Å². The highest BCUT2D eigenvalue weighted by molar-refractivity contribution is 5.03. The fraction of sp³-hybridized carbons (Fsp3) is 0.783. The fourth-order valence-electron chi connectivity index (χ4n) is 4.65. The first-order valence-electron chi connectivity index (χ1n) is 11.0. The van der Waals surface area contributed by atoms with Crippen LogP contribution in [0.4, 0.5) is 0 Å². The van der Waals surface area contributed by atoms with Crippen molar-refractivity contribution < 1.29 is 9.47 Å². The molecule has 5 heteroatoms. The van der Waals surface area contributed by atoms with Gasteiger partial charge in [0.25, 0.3) is 0 Å². The third-order valence-electron chi connectivity index (χ3n) is 6.23. The van der Waals surface area contributed by atoms with Gasteiger partial charge in [0.15, 0.2) is 0 Å². The summed E-state index contributed by atoms with van der Waals surface area (Å²) in [5.74, 6) is 0.778. The Morgan fingerprint density at radius 1 is 1.18 bits per heavy atom. The summed E-state index contributed by atoms with van der Waals surface area (Å²) in [7, 11) is 0. The maximum absolute atomic E-state index is 6.24. The summed E-state index contributed by atoms with van der Waals surface area (Å²) < 4.78 is 12.3. The maximum atomic E-state index is 6.24. The topological polar surface area (TPSA) is 37.8 Å². The second kappa shape index (κ2) is 9.66. The van der Waals surface area contributed by atoms with Crippen LogP contribution in [0.1, 0.15) is 52.7 Å². The van der Waals surface area contributed by atoms with Gasteiger partial charge in [-0.1, -0.05) is 19.9 Å². The third-order valence-corrected chi connectivity index (χ3v) is 6.23. The Morgan fingerprint density at radius 2 is 1.96 bits per heavy atom. The lowest BCUT2D eigenvalue weighted by atomic mass is 9.80. The van der Waals surface area contributed by atoms with Crippen molar-refractivity contribution in [1.82, 2.24) is 14.8 Å². The standard InChI is InChI=1S/C23H39N3O2/c1-20(2)8-11-25-12-14-26(15-13-25)23(9-16-28-22(3,4)18-23)19-27-17-21-7-5-6-10-24-21/h5-7,10,20H,8-9,11-19H2,1-4H3. The number of aromatic nitrogens is 1. The third kappa shape index (κ3) is 5.99. The summed E-state index contributed by atoms with van der Waals surface area (Å²) in [4.78, 5) is 9.72. The summed E-state index contributed by atoms with van der Waals surface area (Å²) in [6.07, 6.45) is 5.19. The number of hydrogen-bond donors (Lipinski definition) is 0. The lowest BCUT2D eigenvalue weighted by molar-refractivity contribution is -0.149. The van der Waals surface area contributed by atoms with E-state index in [1.165, 1.54) is 13.0 Å². The van der Waals surface area contributed by atoms with Gasteiger partial charge in [0.2, 0.25) is 0 Å². The van der Waals surface area contributed by atoms with E-state index in [0.717, 1.165) is 63.8 Å². The van der Waals surface area contributed by atoms with Crippen LogP contribution in [0.5, 0.6) is 0 Å². The molecule has 0 amide bonds. The normalized spacial score (nSPS) is 26.6. The second-order valence-electron chi connectivity index (χ2n) is 9.58. The van der Waals surface area contributed by atoms with Gasteiger partial charge >= 0.3 is 0 Å². The van der Waals surface area contributed by atoms with Crippen molar-refractivity contribution in [2.45, 2.75) is 64.7 Å². The summed E-state index contributed by atoms with van der Waals surface area (Å²) in [5, 5.41) is 0. The molecule has 0 spiro atoms. The van der Waals surface area contributed by atoms with Gasteiger partial charge in [-0.25, -0.2) is 0 Å². The van der Waals surface area contributed by atoms with Crippen LogP contribution in [0.3, 0.4) is 0 Å². The Labute approximate surface area is 171 Å². The largest absolute Gasteiger partial charge is 0.375 e. The van der Waals surface area contributed by atoms with Crippen molar-refractivity contribution in [1.29, 1.82) is 0 Å². The molecular weight excluding hydrogens is 350 g/mol. The van der Waals surface area contributed by atoms with E-state index in [1.54, 1.807) is 0 Å². The zero-order chi connectivity index (χ0) is 20.0. The van der Waals surface area contributed by atoms with Crippen molar-refractivity contribution in [2.24, 2.45) is 5.92 Å². The fourth-order valence-corrected chi connectivity index (χ4v) is 4.65. The first kappa shape index (κ1) is 21.7. The molecule has 0 aliphatic carbocycles. The van der Waals surface area contributed by atoms with Crippen molar-refractivity contribution in [3.05, 3.63) is 30.1 Å². The number of rotatable bonds is 8. The molecule has 1 unspecified atom stereocenters. The summed E-state index contributed by atoms with van der Waals surface area (Å²) in [6, 6.07) is 6.01. The lowest BCUT2D eigenvalue weighted by Gasteiger charge is -2.53. The molecule has 1 aromatic rings. The van der Waals surface area contributed by atoms with E-state index in [0.29, 0.717) is 6.61 Å². The van der Waals surface area contributed by atoms with Crippen LogP contribution in [0.25, 0.3) is 0 Å². The molecule has 0 saturated carbocycles. The number of hydrogen-bond acceptors (Lipinski definition) is 5. The van der Waals surface area contributed by atoms with E-state index in [9.17, 15) is 0 Å². The second-order valence-corrected chi connectivity index (χ2v) is 9.58. The van der Waals surface area contributed by atoms with Crippen LogP contribution in [0.15, 0.2) is 24.4 Å². The molecule has 0 aromatic carbocycles. The van der Waals surface area contributed by atoms with Crippen LogP contribution in [0, 0.1) is 5.92 Å². The average molecular weight is 390 g/mol.